The van der Waals surface area contributed by atoms with Gasteiger partial charge in [0.2, 0.25) is 5.91 Å². The third-order valence-electron chi connectivity index (χ3n) is 3.87. The second-order valence-electron chi connectivity index (χ2n) is 5.56. The first-order chi connectivity index (χ1) is 11.0. The summed E-state index contributed by atoms with van der Waals surface area (Å²) in [4.78, 5) is 25.2. The molecule has 0 bridgehead atoms. The summed E-state index contributed by atoms with van der Waals surface area (Å²) in [5.41, 5.74) is 3.04. The van der Waals surface area contributed by atoms with Crippen LogP contribution in [0.2, 0.25) is 0 Å². The molecule has 0 saturated carbocycles. The SMILES string of the molecule is CCc1ccc(CN(C)C(=O)Cc2ccccc2C(=O)O)cc1. The molecule has 0 atom stereocenters. The molecule has 2 aromatic rings. The highest BCUT2D eigenvalue weighted by Crippen LogP contribution is 2.12. The Bertz CT molecular complexity index is 692. The quantitative estimate of drug-likeness (QED) is 0.891. The molecule has 0 heterocycles. The number of carbonyl (C=O) groups excluding carboxylic acids is 1. The second kappa shape index (κ2) is 7.58. The van der Waals surface area contributed by atoms with Gasteiger partial charge in [-0.1, -0.05) is 49.4 Å². The largest absolute Gasteiger partial charge is 0.478 e. The third-order valence-corrected chi connectivity index (χ3v) is 3.87. The van der Waals surface area contributed by atoms with Gasteiger partial charge in [0, 0.05) is 13.6 Å². The lowest BCUT2D eigenvalue weighted by Gasteiger charge is -2.18. The van der Waals surface area contributed by atoms with Crippen molar-refractivity contribution in [2.24, 2.45) is 0 Å². The Morgan fingerprint density at radius 1 is 1.00 bits per heavy atom. The van der Waals surface area contributed by atoms with Crippen molar-refractivity contribution in [3.8, 4) is 0 Å². The number of likely N-dealkylation sites (N-methyl/N-ethyl adjacent to an activating group) is 1. The summed E-state index contributed by atoms with van der Waals surface area (Å²) in [5.74, 6) is -1.11. The van der Waals surface area contributed by atoms with Crippen LogP contribution in [0.15, 0.2) is 48.5 Å². The summed E-state index contributed by atoms with van der Waals surface area (Å²) in [7, 11) is 1.74. The predicted molar refractivity (Wildman–Crippen MR) is 89.4 cm³/mol. The summed E-state index contributed by atoms with van der Waals surface area (Å²) in [6, 6.07) is 14.8. The standard InChI is InChI=1S/C19H21NO3/c1-3-14-8-10-15(11-9-14)13-20(2)18(21)12-16-6-4-5-7-17(16)19(22)23/h4-11H,3,12-13H2,1-2H3,(H,22,23). The van der Waals surface area contributed by atoms with Gasteiger partial charge in [-0.05, 0) is 29.2 Å². The molecule has 0 saturated heterocycles. The second-order valence-corrected chi connectivity index (χ2v) is 5.56. The van der Waals surface area contributed by atoms with E-state index in [1.807, 2.05) is 12.1 Å². The average molecular weight is 311 g/mol. The molecule has 0 radical (unpaired) electrons. The molecule has 0 aliphatic rings. The predicted octanol–water partition coefficient (Wildman–Crippen LogP) is 3.15. The molecule has 120 valence electrons. The van der Waals surface area contributed by atoms with Crippen LogP contribution < -0.4 is 0 Å². The molecule has 1 N–H and O–H groups in total. The van der Waals surface area contributed by atoms with Gasteiger partial charge in [0.15, 0.2) is 0 Å². The number of aromatic carboxylic acids is 1. The maximum atomic E-state index is 12.3. The summed E-state index contributed by atoms with van der Waals surface area (Å²) in [5, 5.41) is 9.18. The lowest BCUT2D eigenvalue weighted by molar-refractivity contribution is -0.129. The van der Waals surface area contributed by atoms with Crippen molar-refractivity contribution in [3.63, 3.8) is 0 Å². The maximum absolute atomic E-state index is 12.3. The molecule has 0 unspecified atom stereocenters. The summed E-state index contributed by atoms with van der Waals surface area (Å²) in [6.07, 6.45) is 1.08. The van der Waals surface area contributed by atoms with Crippen molar-refractivity contribution >= 4 is 11.9 Å². The van der Waals surface area contributed by atoms with Gasteiger partial charge < -0.3 is 10.0 Å². The molecule has 2 rings (SSSR count). The number of carbonyl (C=O) groups is 2. The fraction of sp³-hybridized carbons (Fsp3) is 0.263. The molecule has 0 spiro atoms. The van der Waals surface area contributed by atoms with E-state index in [0.29, 0.717) is 12.1 Å². The van der Waals surface area contributed by atoms with E-state index >= 15 is 0 Å². The van der Waals surface area contributed by atoms with Gasteiger partial charge >= 0.3 is 5.97 Å². The van der Waals surface area contributed by atoms with Gasteiger partial charge in [-0.2, -0.15) is 0 Å². The molecule has 0 aliphatic carbocycles. The lowest BCUT2D eigenvalue weighted by Crippen LogP contribution is -2.28. The van der Waals surface area contributed by atoms with E-state index in [1.165, 1.54) is 11.6 Å². The summed E-state index contributed by atoms with van der Waals surface area (Å²) >= 11 is 0. The first-order valence-electron chi connectivity index (χ1n) is 7.64. The first-order valence-corrected chi connectivity index (χ1v) is 7.64. The van der Waals surface area contributed by atoms with Crippen LogP contribution in [0.5, 0.6) is 0 Å². The van der Waals surface area contributed by atoms with Crippen LogP contribution in [0.1, 0.15) is 34.0 Å². The van der Waals surface area contributed by atoms with Crippen molar-refractivity contribution in [1.82, 2.24) is 4.90 Å². The zero-order chi connectivity index (χ0) is 16.8. The van der Waals surface area contributed by atoms with Crippen molar-refractivity contribution in [1.29, 1.82) is 0 Å². The molecule has 1 amide bonds. The molecule has 23 heavy (non-hydrogen) atoms. The van der Waals surface area contributed by atoms with Crippen molar-refractivity contribution in [3.05, 3.63) is 70.8 Å². The number of hydrogen-bond donors (Lipinski definition) is 1. The van der Waals surface area contributed by atoms with E-state index in [9.17, 15) is 14.7 Å². The van der Waals surface area contributed by atoms with Gasteiger partial charge in [0.05, 0.1) is 12.0 Å². The number of carboxylic acids is 1. The Balaban J connectivity index is 2.04. The van der Waals surface area contributed by atoms with E-state index < -0.39 is 5.97 Å². The lowest BCUT2D eigenvalue weighted by atomic mass is 10.0. The number of carboxylic acid groups (broad SMARTS) is 1. The molecule has 4 heteroatoms. The molecule has 0 aromatic heterocycles. The summed E-state index contributed by atoms with van der Waals surface area (Å²) in [6.45, 7) is 2.61. The van der Waals surface area contributed by atoms with Crippen molar-refractivity contribution < 1.29 is 14.7 Å². The molecule has 2 aromatic carbocycles. The Kier molecular flexibility index (Phi) is 5.52. The van der Waals surface area contributed by atoms with Crippen LogP contribution in [0.4, 0.5) is 0 Å². The molecule has 0 fully saturated rings. The van der Waals surface area contributed by atoms with Crippen LogP contribution in [0, 0.1) is 0 Å². The van der Waals surface area contributed by atoms with Crippen molar-refractivity contribution in [2.75, 3.05) is 7.05 Å². The number of benzene rings is 2. The van der Waals surface area contributed by atoms with E-state index in [-0.39, 0.29) is 17.9 Å². The molecule has 4 nitrogen and oxygen atoms in total. The highest BCUT2D eigenvalue weighted by atomic mass is 16.4. The number of aryl methyl sites for hydroxylation is 1. The van der Waals surface area contributed by atoms with Gasteiger partial charge in [0.1, 0.15) is 0 Å². The van der Waals surface area contributed by atoms with E-state index in [4.69, 9.17) is 0 Å². The monoisotopic (exact) mass is 311 g/mol. The smallest absolute Gasteiger partial charge is 0.335 e. The zero-order valence-electron chi connectivity index (χ0n) is 13.5. The van der Waals surface area contributed by atoms with Crippen LogP contribution in [0.25, 0.3) is 0 Å². The van der Waals surface area contributed by atoms with Gasteiger partial charge in [-0.25, -0.2) is 4.79 Å². The number of amides is 1. The maximum Gasteiger partial charge on any atom is 0.335 e. The average Bonchev–Trinajstić information content (AvgIpc) is 2.55. The molecular formula is C19H21NO3. The van der Waals surface area contributed by atoms with Gasteiger partial charge in [0.25, 0.3) is 0 Å². The highest BCUT2D eigenvalue weighted by molar-refractivity contribution is 5.91. The van der Waals surface area contributed by atoms with Crippen LogP contribution in [0.3, 0.4) is 0 Å². The van der Waals surface area contributed by atoms with Gasteiger partial charge in [-0.15, -0.1) is 0 Å². The van der Waals surface area contributed by atoms with Crippen LogP contribution in [-0.4, -0.2) is 28.9 Å². The van der Waals surface area contributed by atoms with Crippen molar-refractivity contribution in [2.45, 2.75) is 26.3 Å². The normalized spacial score (nSPS) is 10.3. The van der Waals surface area contributed by atoms with Crippen LogP contribution in [-0.2, 0) is 24.2 Å². The number of rotatable bonds is 6. The Morgan fingerprint density at radius 3 is 2.22 bits per heavy atom. The van der Waals surface area contributed by atoms with E-state index in [2.05, 4.69) is 19.1 Å². The minimum absolute atomic E-state index is 0.0893. The Labute approximate surface area is 136 Å². The number of hydrogen-bond acceptors (Lipinski definition) is 2. The topological polar surface area (TPSA) is 57.6 Å². The third kappa shape index (κ3) is 4.42. The molecular weight excluding hydrogens is 290 g/mol. The van der Waals surface area contributed by atoms with E-state index in [0.717, 1.165) is 12.0 Å². The molecule has 0 aliphatic heterocycles. The first kappa shape index (κ1) is 16.7. The minimum Gasteiger partial charge on any atom is -0.478 e. The summed E-state index contributed by atoms with van der Waals surface area (Å²) < 4.78 is 0. The van der Waals surface area contributed by atoms with Gasteiger partial charge in [-0.3, -0.25) is 4.79 Å². The highest BCUT2D eigenvalue weighted by Gasteiger charge is 2.15. The fourth-order valence-corrected chi connectivity index (χ4v) is 2.42. The fourth-order valence-electron chi connectivity index (χ4n) is 2.42. The Hall–Kier alpha value is -2.62. The minimum atomic E-state index is -1.01. The number of nitrogens with zero attached hydrogens (tertiary/aromatic N) is 1. The van der Waals surface area contributed by atoms with E-state index in [1.54, 1.807) is 30.1 Å². The Morgan fingerprint density at radius 2 is 1.61 bits per heavy atom. The van der Waals surface area contributed by atoms with Crippen LogP contribution >= 0.6 is 0 Å². The zero-order valence-corrected chi connectivity index (χ0v) is 13.5.